The van der Waals surface area contributed by atoms with Crippen LogP contribution >= 0.6 is 0 Å². The van der Waals surface area contributed by atoms with Crippen LogP contribution in [0.25, 0.3) is 0 Å². The van der Waals surface area contributed by atoms with Crippen molar-refractivity contribution in [1.82, 2.24) is 9.80 Å². The molecule has 0 aliphatic heterocycles. The van der Waals surface area contributed by atoms with Crippen molar-refractivity contribution in [1.29, 1.82) is 0 Å². The van der Waals surface area contributed by atoms with Gasteiger partial charge in [-0.15, -0.1) is 0 Å². The molecule has 94 valence electrons. The summed E-state index contributed by atoms with van der Waals surface area (Å²) in [6.45, 7) is 6.09. The van der Waals surface area contributed by atoms with Gasteiger partial charge in [-0.3, -0.25) is 9.59 Å². The van der Waals surface area contributed by atoms with Crippen molar-refractivity contribution >= 4 is 11.8 Å². The van der Waals surface area contributed by atoms with E-state index in [4.69, 9.17) is 5.73 Å². The molecule has 16 heavy (non-hydrogen) atoms. The van der Waals surface area contributed by atoms with Crippen LogP contribution in [-0.2, 0) is 9.59 Å². The van der Waals surface area contributed by atoms with Crippen molar-refractivity contribution in [2.45, 2.75) is 32.7 Å². The summed E-state index contributed by atoms with van der Waals surface area (Å²) in [4.78, 5) is 26.3. The summed E-state index contributed by atoms with van der Waals surface area (Å²) < 4.78 is 0. The lowest BCUT2D eigenvalue weighted by molar-refractivity contribution is -0.139. The van der Waals surface area contributed by atoms with Gasteiger partial charge in [0, 0.05) is 32.6 Å². The molecule has 0 bridgehead atoms. The van der Waals surface area contributed by atoms with E-state index in [1.807, 2.05) is 6.92 Å². The SMILES string of the molecule is CCN(CC(=O)N(C)C)C(=O)CC(C)(C)N. The first-order valence-corrected chi connectivity index (χ1v) is 5.44. The number of hydrogen-bond donors (Lipinski definition) is 1. The Morgan fingerprint density at radius 2 is 1.69 bits per heavy atom. The van der Waals surface area contributed by atoms with Gasteiger partial charge in [-0.2, -0.15) is 0 Å². The maximum absolute atomic E-state index is 11.8. The highest BCUT2D eigenvalue weighted by Crippen LogP contribution is 2.07. The summed E-state index contributed by atoms with van der Waals surface area (Å²) in [7, 11) is 3.35. The molecule has 5 nitrogen and oxygen atoms in total. The lowest BCUT2D eigenvalue weighted by atomic mass is 10.0. The third kappa shape index (κ3) is 5.70. The summed E-state index contributed by atoms with van der Waals surface area (Å²) in [5, 5.41) is 0. The summed E-state index contributed by atoms with van der Waals surface area (Å²) in [5.41, 5.74) is 5.24. The molecule has 0 unspecified atom stereocenters. The Bertz CT molecular complexity index is 256. The molecular weight excluding hydrogens is 206 g/mol. The van der Waals surface area contributed by atoms with E-state index < -0.39 is 5.54 Å². The second-order valence-corrected chi connectivity index (χ2v) is 4.86. The number of rotatable bonds is 5. The zero-order chi connectivity index (χ0) is 12.9. The number of carbonyl (C=O) groups excluding carboxylic acids is 2. The van der Waals surface area contributed by atoms with Gasteiger partial charge in [0.05, 0.1) is 6.54 Å². The molecule has 0 aromatic rings. The average Bonchev–Trinajstić information content (AvgIpc) is 2.10. The standard InChI is InChI=1S/C11H23N3O2/c1-6-14(8-10(16)13(4)5)9(15)7-11(2,3)12/h6-8,12H2,1-5H3. The van der Waals surface area contributed by atoms with E-state index in [2.05, 4.69) is 0 Å². The first kappa shape index (κ1) is 14.9. The molecule has 0 aliphatic carbocycles. The van der Waals surface area contributed by atoms with Crippen molar-refractivity contribution < 1.29 is 9.59 Å². The Hall–Kier alpha value is -1.10. The van der Waals surface area contributed by atoms with Crippen molar-refractivity contribution in [2.24, 2.45) is 5.73 Å². The highest BCUT2D eigenvalue weighted by atomic mass is 16.2. The van der Waals surface area contributed by atoms with Gasteiger partial charge in [0.1, 0.15) is 0 Å². The number of nitrogens with two attached hydrogens (primary N) is 1. The summed E-state index contributed by atoms with van der Waals surface area (Å²) in [6, 6.07) is 0. The molecule has 0 aliphatic rings. The predicted molar refractivity (Wildman–Crippen MR) is 63.8 cm³/mol. The molecule has 2 N–H and O–H groups in total. The lowest BCUT2D eigenvalue weighted by Gasteiger charge is -2.26. The molecule has 0 aromatic carbocycles. The van der Waals surface area contributed by atoms with Gasteiger partial charge in [-0.25, -0.2) is 0 Å². The van der Waals surface area contributed by atoms with Gasteiger partial charge >= 0.3 is 0 Å². The maximum Gasteiger partial charge on any atom is 0.241 e. The molecule has 0 heterocycles. The monoisotopic (exact) mass is 229 g/mol. The molecule has 5 heteroatoms. The second-order valence-electron chi connectivity index (χ2n) is 4.86. The van der Waals surface area contributed by atoms with Gasteiger partial charge in [0.25, 0.3) is 0 Å². The molecular formula is C11H23N3O2. The normalized spacial score (nSPS) is 11.1. The lowest BCUT2D eigenvalue weighted by Crippen LogP contribution is -2.44. The van der Waals surface area contributed by atoms with Crippen molar-refractivity contribution in [3.8, 4) is 0 Å². The second kappa shape index (κ2) is 5.84. The predicted octanol–water partition coefficient (Wildman–Crippen LogP) is 0.0505. The van der Waals surface area contributed by atoms with Gasteiger partial charge in [0.15, 0.2) is 0 Å². The number of hydrogen-bond acceptors (Lipinski definition) is 3. The minimum Gasteiger partial charge on any atom is -0.347 e. The number of carbonyl (C=O) groups is 2. The van der Waals surface area contributed by atoms with Crippen LogP contribution in [0.5, 0.6) is 0 Å². The van der Waals surface area contributed by atoms with Crippen molar-refractivity contribution in [3.63, 3.8) is 0 Å². The number of amides is 2. The smallest absolute Gasteiger partial charge is 0.241 e. The quantitative estimate of drug-likeness (QED) is 0.724. The third-order valence-corrected chi connectivity index (χ3v) is 2.17. The van der Waals surface area contributed by atoms with Crippen molar-refractivity contribution in [2.75, 3.05) is 27.2 Å². The molecule has 0 atom stereocenters. The molecule has 0 aromatic heterocycles. The maximum atomic E-state index is 11.8. The van der Waals surface area contributed by atoms with E-state index >= 15 is 0 Å². The van der Waals surface area contributed by atoms with Crippen LogP contribution in [0.1, 0.15) is 27.2 Å². The largest absolute Gasteiger partial charge is 0.347 e. The Kier molecular flexibility index (Phi) is 5.44. The van der Waals surface area contributed by atoms with Crippen LogP contribution in [0.15, 0.2) is 0 Å². The highest BCUT2D eigenvalue weighted by molar-refractivity contribution is 5.85. The topological polar surface area (TPSA) is 66.6 Å². The minimum atomic E-state index is -0.536. The van der Waals surface area contributed by atoms with Crippen LogP contribution in [0, 0.1) is 0 Å². The van der Waals surface area contributed by atoms with Gasteiger partial charge in [-0.05, 0) is 20.8 Å². The van der Waals surface area contributed by atoms with Crippen LogP contribution in [0.3, 0.4) is 0 Å². The fourth-order valence-corrected chi connectivity index (χ4v) is 1.18. The Labute approximate surface area is 97.6 Å². The first-order valence-electron chi connectivity index (χ1n) is 5.44. The molecule has 2 amide bonds. The first-order chi connectivity index (χ1) is 7.17. The summed E-state index contributed by atoms with van der Waals surface area (Å²) >= 11 is 0. The Morgan fingerprint density at radius 1 is 1.19 bits per heavy atom. The highest BCUT2D eigenvalue weighted by Gasteiger charge is 2.22. The summed E-state index contributed by atoms with van der Waals surface area (Å²) in [6.07, 6.45) is 0.252. The van der Waals surface area contributed by atoms with E-state index in [9.17, 15) is 9.59 Å². The van der Waals surface area contributed by atoms with Gasteiger partial charge < -0.3 is 15.5 Å². The van der Waals surface area contributed by atoms with E-state index in [1.54, 1.807) is 27.9 Å². The Balaban J connectivity index is 4.39. The zero-order valence-electron chi connectivity index (χ0n) is 10.9. The Morgan fingerprint density at radius 3 is 2.00 bits per heavy atom. The fourth-order valence-electron chi connectivity index (χ4n) is 1.18. The van der Waals surface area contributed by atoms with Gasteiger partial charge in [-0.1, -0.05) is 0 Å². The van der Waals surface area contributed by atoms with E-state index in [1.165, 1.54) is 9.80 Å². The minimum absolute atomic E-state index is 0.0785. The zero-order valence-corrected chi connectivity index (χ0v) is 10.9. The summed E-state index contributed by atoms with van der Waals surface area (Å²) in [5.74, 6) is -0.157. The van der Waals surface area contributed by atoms with Crippen LogP contribution < -0.4 is 5.73 Å². The molecule has 0 rings (SSSR count). The van der Waals surface area contributed by atoms with E-state index in [0.29, 0.717) is 6.54 Å². The van der Waals surface area contributed by atoms with Crippen LogP contribution in [0.2, 0.25) is 0 Å². The van der Waals surface area contributed by atoms with E-state index in [-0.39, 0.29) is 24.8 Å². The average molecular weight is 229 g/mol. The van der Waals surface area contributed by atoms with Crippen LogP contribution in [0.4, 0.5) is 0 Å². The third-order valence-electron chi connectivity index (χ3n) is 2.17. The molecule has 0 fully saturated rings. The fraction of sp³-hybridized carbons (Fsp3) is 0.818. The van der Waals surface area contributed by atoms with E-state index in [0.717, 1.165) is 0 Å². The molecule has 0 spiro atoms. The number of nitrogens with zero attached hydrogens (tertiary/aromatic N) is 2. The van der Waals surface area contributed by atoms with Gasteiger partial charge in [0.2, 0.25) is 11.8 Å². The number of likely N-dealkylation sites (N-methyl/N-ethyl adjacent to an activating group) is 2. The molecule has 0 radical (unpaired) electrons. The molecule has 0 saturated heterocycles. The van der Waals surface area contributed by atoms with Crippen molar-refractivity contribution in [3.05, 3.63) is 0 Å². The molecule has 0 saturated carbocycles. The van der Waals surface area contributed by atoms with Crippen LogP contribution in [-0.4, -0.2) is 54.3 Å².